The molecule has 1 aliphatic rings. The zero-order valence-corrected chi connectivity index (χ0v) is 12.5. The molecule has 0 aromatic rings. The third kappa shape index (κ3) is 5.19. The number of rotatable bonds is 8. The van der Waals surface area contributed by atoms with Crippen LogP contribution in [0.25, 0.3) is 0 Å². The first kappa shape index (κ1) is 16.5. The van der Waals surface area contributed by atoms with Gasteiger partial charge in [0.1, 0.15) is 0 Å². The molecular formula is C14H24N2O4. The van der Waals surface area contributed by atoms with Crippen LogP contribution in [0.5, 0.6) is 0 Å². The smallest absolute Gasteiger partial charge is 0.307 e. The van der Waals surface area contributed by atoms with Gasteiger partial charge in [0.05, 0.1) is 13.5 Å². The lowest BCUT2D eigenvalue weighted by Crippen LogP contribution is -2.36. The van der Waals surface area contributed by atoms with Crippen molar-refractivity contribution in [2.24, 2.45) is 11.8 Å². The van der Waals surface area contributed by atoms with Gasteiger partial charge in [0.2, 0.25) is 11.8 Å². The summed E-state index contributed by atoms with van der Waals surface area (Å²) in [6.45, 7) is 5.16. The van der Waals surface area contributed by atoms with E-state index in [1.54, 1.807) is 4.90 Å². The summed E-state index contributed by atoms with van der Waals surface area (Å²) in [5.41, 5.74) is 0. The molecule has 2 atom stereocenters. The molecule has 0 radical (unpaired) electrons. The number of ether oxygens (including phenoxy) is 1. The molecule has 0 aromatic carbocycles. The summed E-state index contributed by atoms with van der Waals surface area (Å²) >= 11 is 0. The predicted molar refractivity (Wildman–Crippen MR) is 73.8 cm³/mol. The van der Waals surface area contributed by atoms with E-state index in [1.807, 2.05) is 13.8 Å². The van der Waals surface area contributed by atoms with Gasteiger partial charge in [0.25, 0.3) is 0 Å². The van der Waals surface area contributed by atoms with Gasteiger partial charge in [-0.3, -0.25) is 14.4 Å². The Labute approximate surface area is 119 Å². The molecule has 1 fully saturated rings. The molecule has 1 aliphatic carbocycles. The number of carbonyl (C=O) groups is 3. The molecule has 1 N–H and O–H groups in total. The summed E-state index contributed by atoms with van der Waals surface area (Å²) in [6.07, 6.45) is 1.41. The van der Waals surface area contributed by atoms with Gasteiger partial charge in [0, 0.05) is 32.0 Å². The SMILES string of the molecule is CCN(CCC(=O)OC)C(=O)CCNC(=O)C1CC1C. The van der Waals surface area contributed by atoms with Crippen LogP contribution in [0.4, 0.5) is 0 Å². The average Bonchev–Trinajstić information content (AvgIpc) is 3.16. The van der Waals surface area contributed by atoms with Crippen LogP contribution < -0.4 is 5.32 Å². The molecule has 6 nitrogen and oxygen atoms in total. The van der Waals surface area contributed by atoms with E-state index in [4.69, 9.17) is 0 Å². The van der Waals surface area contributed by atoms with Crippen molar-refractivity contribution in [1.82, 2.24) is 10.2 Å². The normalized spacial score (nSPS) is 20.1. The third-order valence-electron chi connectivity index (χ3n) is 3.63. The minimum Gasteiger partial charge on any atom is -0.469 e. The second-order valence-electron chi connectivity index (χ2n) is 5.16. The Morgan fingerprint density at radius 2 is 1.95 bits per heavy atom. The first-order chi connectivity index (χ1) is 9.49. The first-order valence-corrected chi connectivity index (χ1v) is 7.11. The lowest BCUT2D eigenvalue weighted by molar-refractivity contribution is -0.141. The Bertz CT molecular complexity index is 370. The van der Waals surface area contributed by atoms with Gasteiger partial charge >= 0.3 is 5.97 Å². The first-order valence-electron chi connectivity index (χ1n) is 7.11. The van der Waals surface area contributed by atoms with Gasteiger partial charge in [-0.25, -0.2) is 0 Å². The van der Waals surface area contributed by atoms with Crippen LogP contribution in [0, 0.1) is 11.8 Å². The zero-order chi connectivity index (χ0) is 15.1. The van der Waals surface area contributed by atoms with Gasteiger partial charge in [-0.05, 0) is 19.3 Å². The number of nitrogens with one attached hydrogen (secondary N) is 1. The van der Waals surface area contributed by atoms with Gasteiger partial charge in [-0.1, -0.05) is 6.92 Å². The molecule has 20 heavy (non-hydrogen) atoms. The number of amides is 2. The lowest BCUT2D eigenvalue weighted by atomic mass is 10.3. The van der Waals surface area contributed by atoms with E-state index in [0.717, 1.165) is 6.42 Å². The summed E-state index contributed by atoms with van der Waals surface area (Å²) in [7, 11) is 1.33. The van der Waals surface area contributed by atoms with Gasteiger partial charge in [-0.2, -0.15) is 0 Å². The van der Waals surface area contributed by atoms with Crippen molar-refractivity contribution in [3.63, 3.8) is 0 Å². The van der Waals surface area contributed by atoms with Crippen molar-refractivity contribution < 1.29 is 19.1 Å². The van der Waals surface area contributed by atoms with Crippen molar-refractivity contribution in [2.75, 3.05) is 26.7 Å². The molecule has 0 saturated heterocycles. The minimum absolute atomic E-state index is 0.0444. The number of carbonyl (C=O) groups excluding carboxylic acids is 3. The van der Waals surface area contributed by atoms with Crippen LogP contribution in [0.15, 0.2) is 0 Å². The Morgan fingerprint density at radius 1 is 1.30 bits per heavy atom. The van der Waals surface area contributed by atoms with E-state index in [9.17, 15) is 14.4 Å². The summed E-state index contributed by atoms with van der Waals surface area (Å²) in [6, 6.07) is 0. The molecule has 0 bridgehead atoms. The highest BCUT2D eigenvalue weighted by atomic mass is 16.5. The zero-order valence-electron chi connectivity index (χ0n) is 12.5. The van der Waals surface area contributed by atoms with Crippen molar-refractivity contribution in [3.05, 3.63) is 0 Å². The Kier molecular flexibility index (Phi) is 6.48. The van der Waals surface area contributed by atoms with E-state index in [1.165, 1.54) is 7.11 Å². The van der Waals surface area contributed by atoms with Crippen molar-refractivity contribution >= 4 is 17.8 Å². The fourth-order valence-electron chi connectivity index (χ4n) is 2.06. The Hall–Kier alpha value is -1.59. The predicted octanol–water partition coefficient (Wildman–Crippen LogP) is 0.560. The maximum atomic E-state index is 11.9. The standard InChI is InChI=1S/C14H24N2O4/c1-4-16(8-6-13(18)20-3)12(17)5-7-15-14(19)11-9-10(11)2/h10-11H,4-9H2,1-3H3,(H,15,19). The minimum atomic E-state index is -0.327. The van der Waals surface area contributed by atoms with Crippen LogP contribution in [-0.4, -0.2) is 49.4 Å². The highest BCUT2D eigenvalue weighted by molar-refractivity contribution is 5.82. The maximum absolute atomic E-state index is 11.9. The Morgan fingerprint density at radius 3 is 2.45 bits per heavy atom. The Balaban J connectivity index is 2.21. The van der Waals surface area contributed by atoms with Crippen LogP contribution >= 0.6 is 0 Å². The second-order valence-corrected chi connectivity index (χ2v) is 5.16. The number of hydrogen-bond donors (Lipinski definition) is 1. The summed E-state index contributed by atoms with van der Waals surface area (Å²) in [4.78, 5) is 36.2. The fraction of sp³-hybridized carbons (Fsp3) is 0.786. The summed E-state index contributed by atoms with van der Waals surface area (Å²) in [5.74, 6) is 0.264. The van der Waals surface area contributed by atoms with Crippen molar-refractivity contribution in [3.8, 4) is 0 Å². The van der Waals surface area contributed by atoms with E-state index >= 15 is 0 Å². The number of esters is 1. The third-order valence-corrected chi connectivity index (χ3v) is 3.63. The number of methoxy groups -OCH3 is 1. The largest absolute Gasteiger partial charge is 0.469 e. The monoisotopic (exact) mass is 284 g/mol. The molecule has 1 rings (SSSR count). The van der Waals surface area contributed by atoms with E-state index in [-0.39, 0.29) is 36.5 Å². The summed E-state index contributed by atoms with van der Waals surface area (Å²) < 4.78 is 4.55. The quantitative estimate of drug-likeness (QED) is 0.661. The van der Waals surface area contributed by atoms with Crippen LogP contribution in [0.3, 0.4) is 0 Å². The molecule has 2 amide bonds. The molecule has 114 valence electrons. The lowest BCUT2D eigenvalue weighted by Gasteiger charge is -2.20. The summed E-state index contributed by atoms with van der Waals surface area (Å²) in [5, 5.41) is 2.78. The highest BCUT2D eigenvalue weighted by Crippen LogP contribution is 2.37. The topological polar surface area (TPSA) is 75.7 Å². The van der Waals surface area contributed by atoms with Gasteiger partial charge in [-0.15, -0.1) is 0 Å². The average molecular weight is 284 g/mol. The number of nitrogens with zero attached hydrogens (tertiary/aromatic N) is 1. The van der Waals surface area contributed by atoms with Gasteiger partial charge < -0.3 is 15.0 Å². The van der Waals surface area contributed by atoms with Crippen molar-refractivity contribution in [1.29, 1.82) is 0 Å². The molecule has 0 heterocycles. The molecule has 6 heteroatoms. The van der Waals surface area contributed by atoms with E-state index in [2.05, 4.69) is 10.1 Å². The molecule has 1 saturated carbocycles. The number of hydrogen-bond acceptors (Lipinski definition) is 4. The highest BCUT2D eigenvalue weighted by Gasteiger charge is 2.38. The maximum Gasteiger partial charge on any atom is 0.307 e. The van der Waals surface area contributed by atoms with E-state index in [0.29, 0.717) is 25.6 Å². The van der Waals surface area contributed by atoms with E-state index < -0.39 is 0 Å². The molecule has 0 aromatic heterocycles. The molecule has 0 aliphatic heterocycles. The molecular weight excluding hydrogens is 260 g/mol. The fourth-order valence-corrected chi connectivity index (χ4v) is 2.06. The molecule has 0 spiro atoms. The van der Waals surface area contributed by atoms with Crippen LogP contribution in [0.1, 0.15) is 33.1 Å². The van der Waals surface area contributed by atoms with Gasteiger partial charge in [0.15, 0.2) is 0 Å². The van der Waals surface area contributed by atoms with Crippen LogP contribution in [0.2, 0.25) is 0 Å². The molecule has 2 unspecified atom stereocenters. The van der Waals surface area contributed by atoms with Crippen molar-refractivity contribution in [2.45, 2.75) is 33.1 Å². The second kappa shape index (κ2) is 7.87. The van der Waals surface area contributed by atoms with Crippen LogP contribution in [-0.2, 0) is 19.1 Å².